The summed E-state index contributed by atoms with van der Waals surface area (Å²) in [6.07, 6.45) is 3.82. The van der Waals surface area contributed by atoms with Crippen LogP contribution in [0.15, 0.2) is 16.9 Å². The highest BCUT2D eigenvalue weighted by Gasteiger charge is 2.41. The van der Waals surface area contributed by atoms with Crippen molar-refractivity contribution in [1.82, 2.24) is 14.7 Å². The number of likely N-dealkylation sites (tertiary alicyclic amines) is 1. The molecule has 1 aromatic rings. The SMILES string of the molecule is CC1(C(=O)O)CCN(C(=O)Cn2cc(Br)cn2)C1. The van der Waals surface area contributed by atoms with Gasteiger partial charge >= 0.3 is 5.97 Å². The van der Waals surface area contributed by atoms with E-state index in [-0.39, 0.29) is 19.0 Å². The van der Waals surface area contributed by atoms with E-state index in [2.05, 4.69) is 21.0 Å². The van der Waals surface area contributed by atoms with Gasteiger partial charge in [0, 0.05) is 19.3 Å². The summed E-state index contributed by atoms with van der Waals surface area (Å²) in [6.45, 7) is 2.57. The highest BCUT2D eigenvalue weighted by Crippen LogP contribution is 2.30. The van der Waals surface area contributed by atoms with Crippen LogP contribution >= 0.6 is 15.9 Å². The zero-order valence-corrected chi connectivity index (χ0v) is 11.6. The number of aromatic nitrogens is 2. The molecule has 0 aromatic carbocycles. The summed E-state index contributed by atoms with van der Waals surface area (Å²) in [5.74, 6) is -0.949. The second-order valence-electron chi connectivity index (χ2n) is 4.79. The fourth-order valence-electron chi connectivity index (χ4n) is 2.01. The Hall–Kier alpha value is -1.37. The van der Waals surface area contributed by atoms with Crippen LogP contribution in [0.25, 0.3) is 0 Å². The first-order valence-electron chi connectivity index (χ1n) is 5.60. The van der Waals surface area contributed by atoms with E-state index in [1.807, 2.05) is 0 Å². The predicted octanol–water partition coefficient (Wildman–Crippen LogP) is 0.969. The monoisotopic (exact) mass is 315 g/mol. The third kappa shape index (κ3) is 2.55. The minimum Gasteiger partial charge on any atom is -0.481 e. The average Bonchev–Trinajstić information content (AvgIpc) is 2.86. The van der Waals surface area contributed by atoms with Gasteiger partial charge < -0.3 is 10.0 Å². The number of hydrogen-bond acceptors (Lipinski definition) is 3. The number of hydrogen-bond donors (Lipinski definition) is 1. The Morgan fingerprint density at radius 1 is 1.61 bits per heavy atom. The van der Waals surface area contributed by atoms with Crippen LogP contribution in [0, 0.1) is 5.41 Å². The minimum absolute atomic E-state index is 0.101. The highest BCUT2D eigenvalue weighted by molar-refractivity contribution is 9.10. The number of aliphatic carboxylic acids is 1. The van der Waals surface area contributed by atoms with Gasteiger partial charge in [0.15, 0.2) is 0 Å². The molecule has 1 unspecified atom stereocenters. The molecule has 0 spiro atoms. The van der Waals surface area contributed by atoms with Gasteiger partial charge in [-0.25, -0.2) is 0 Å². The lowest BCUT2D eigenvalue weighted by molar-refractivity contribution is -0.147. The van der Waals surface area contributed by atoms with Crippen molar-refractivity contribution in [1.29, 1.82) is 0 Å². The fraction of sp³-hybridized carbons (Fsp3) is 0.545. The van der Waals surface area contributed by atoms with E-state index < -0.39 is 11.4 Å². The van der Waals surface area contributed by atoms with Crippen LogP contribution < -0.4 is 0 Å². The minimum atomic E-state index is -0.848. The molecule has 0 bridgehead atoms. The molecule has 1 atom stereocenters. The molecule has 98 valence electrons. The maximum Gasteiger partial charge on any atom is 0.311 e. The lowest BCUT2D eigenvalue weighted by Crippen LogP contribution is -2.36. The standard InChI is InChI=1S/C11H14BrN3O3/c1-11(10(17)18)2-3-14(7-11)9(16)6-15-5-8(12)4-13-15/h4-5H,2-3,6-7H2,1H3,(H,17,18). The summed E-state index contributed by atoms with van der Waals surface area (Å²) in [7, 11) is 0. The van der Waals surface area contributed by atoms with E-state index >= 15 is 0 Å². The Labute approximate surface area is 113 Å². The summed E-state index contributed by atoms with van der Waals surface area (Å²) in [5, 5.41) is 13.1. The fourth-order valence-corrected chi connectivity index (χ4v) is 2.34. The van der Waals surface area contributed by atoms with Crippen molar-refractivity contribution >= 4 is 27.8 Å². The molecule has 18 heavy (non-hydrogen) atoms. The van der Waals surface area contributed by atoms with Crippen molar-refractivity contribution < 1.29 is 14.7 Å². The quantitative estimate of drug-likeness (QED) is 0.901. The molecule has 1 aromatic heterocycles. The van der Waals surface area contributed by atoms with Gasteiger partial charge in [-0.1, -0.05) is 0 Å². The van der Waals surface area contributed by atoms with Crippen molar-refractivity contribution in [3.8, 4) is 0 Å². The molecule has 0 saturated carbocycles. The van der Waals surface area contributed by atoms with Crippen LogP contribution in [0.4, 0.5) is 0 Å². The number of nitrogens with zero attached hydrogens (tertiary/aromatic N) is 3. The van der Waals surface area contributed by atoms with E-state index in [1.54, 1.807) is 24.2 Å². The van der Waals surface area contributed by atoms with Crippen LogP contribution in [0.3, 0.4) is 0 Å². The summed E-state index contributed by atoms with van der Waals surface area (Å²) >= 11 is 3.26. The largest absolute Gasteiger partial charge is 0.481 e. The Morgan fingerprint density at radius 3 is 2.83 bits per heavy atom. The number of carboxylic acids is 1. The zero-order chi connectivity index (χ0) is 13.3. The van der Waals surface area contributed by atoms with Crippen LogP contribution in [0.2, 0.25) is 0 Å². The predicted molar refractivity (Wildman–Crippen MR) is 66.9 cm³/mol. The van der Waals surface area contributed by atoms with Gasteiger partial charge in [-0.3, -0.25) is 14.3 Å². The molecule has 0 radical (unpaired) electrons. The maximum atomic E-state index is 12.0. The molecule has 1 saturated heterocycles. The first-order chi connectivity index (χ1) is 8.40. The lowest BCUT2D eigenvalue weighted by Gasteiger charge is -2.20. The molecule has 2 rings (SSSR count). The molecule has 6 nitrogen and oxygen atoms in total. The molecular weight excluding hydrogens is 302 g/mol. The van der Waals surface area contributed by atoms with Gasteiger partial charge in [-0.2, -0.15) is 5.10 Å². The third-order valence-electron chi connectivity index (χ3n) is 3.24. The van der Waals surface area contributed by atoms with E-state index in [1.165, 1.54) is 4.68 Å². The smallest absolute Gasteiger partial charge is 0.311 e. The van der Waals surface area contributed by atoms with Crippen LogP contribution in [0.1, 0.15) is 13.3 Å². The van der Waals surface area contributed by atoms with Gasteiger partial charge in [0.1, 0.15) is 6.54 Å². The molecule has 0 aliphatic carbocycles. The van der Waals surface area contributed by atoms with Crippen molar-refractivity contribution in [2.45, 2.75) is 19.9 Å². The summed E-state index contributed by atoms with van der Waals surface area (Å²) in [5.41, 5.74) is -0.819. The van der Waals surface area contributed by atoms with Gasteiger partial charge in [-0.05, 0) is 29.3 Å². The number of carboxylic acid groups (broad SMARTS) is 1. The van der Waals surface area contributed by atoms with Crippen molar-refractivity contribution in [2.75, 3.05) is 13.1 Å². The number of halogens is 1. The number of carbonyl (C=O) groups is 2. The molecule has 1 N–H and O–H groups in total. The average molecular weight is 316 g/mol. The van der Waals surface area contributed by atoms with Crippen molar-refractivity contribution in [2.24, 2.45) is 5.41 Å². The number of carbonyl (C=O) groups excluding carboxylic acids is 1. The second kappa shape index (κ2) is 4.72. The Bertz CT molecular complexity index is 488. The molecule has 1 aliphatic rings. The van der Waals surface area contributed by atoms with E-state index in [0.29, 0.717) is 13.0 Å². The Morgan fingerprint density at radius 2 is 2.33 bits per heavy atom. The topological polar surface area (TPSA) is 75.4 Å². The molecule has 7 heteroatoms. The number of rotatable bonds is 3. The molecule has 1 amide bonds. The van der Waals surface area contributed by atoms with Crippen molar-refractivity contribution in [3.63, 3.8) is 0 Å². The van der Waals surface area contributed by atoms with E-state index in [4.69, 9.17) is 5.11 Å². The lowest BCUT2D eigenvalue weighted by atomic mass is 9.90. The summed E-state index contributed by atoms with van der Waals surface area (Å²) in [4.78, 5) is 24.7. The molecule has 1 aliphatic heterocycles. The second-order valence-corrected chi connectivity index (χ2v) is 5.70. The molecule has 1 fully saturated rings. The van der Waals surface area contributed by atoms with E-state index in [9.17, 15) is 9.59 Å². The number of amides is 1. The zero-order valence-electron chi connectivity index (χ0n) is 9.97. The van der Waals surface area contributed by atoms with E-state index in [0.717, 1.165) is 4.47 Å². The third-order valence-corrected chi connectivity index (χ3v) is 3.65. The Balaban J connectivity index is 1.98. The molecular formula is C11H14BrN3O3. The maximum absolute atomic E-state index is 12.0. The highest BCUT2D eigenvalue weighted by atomic mass is 79.9. The summed E-state index contributed by atoms with van der Waals surface area (Å²) < 4.78 is 2.34. The van der Waals surface area contributed by atoms with Gasteiger partial charge in [0.05, 0.1) is 16.1 Å². The van der Waals surface area contributed by atoms with Gasteiger partial charge in [0.2, 0.25) is 5.91 Å². The Kier molecular flexibility index (Phi) is 3.43. The van der Waals surface area contributed by atoms with Crippen LogP contribution in [0.5, 0.6) is 0 Å². The normalized spacial score (nSPS) is 23.3. The first-order valence-corrected chi connectivity index (χ1v) is 6.39. The van der Waals surface area contributed by atoms with Gasteiger partial charge in [-0.15, -0.1) is 0 Å². The van der Waals surface area contributed by atoms with Crippen LogP contribution in [-0.2, 0) is 16.1 Å². The summed E-state index contributed by atoms with van der Waals surface area (Å²) in [6, 6.07) is 0. The van der Waals surface area contributed by atoms with Crippen molar-refractivity contribution in [3.05, 3.63) is 16.9 Å². The van der Waals surface area contributed by atoms with Gasteiger partial charge in [0.25, 0.3) is 0 Å². The first kappa shape index (κ1) is 13.1. The molecule has 2 heterocycles. The van der Waals surface area contributed by atoms with Crippen LogP contribution in [-0.4, -0.2) is 44.8 Å².